The third-order valence-electron chi connectivity index (χ3n) is 11.5. The molecule has 308 valence electrons. The van der Waals surface area contributed by atoms with Gasteiger partial charge in [0.2, 0.25) is 0 Å². The minimum atomic E-state index is -0.354. The number of nitrogens with two attached hydrogens (primary N) is 2. The molecule has 0 saturated heterocycles. The molecule has 0 aliphatic rings. The lowest BCUT2D eigenvalue weighted by atomic mass is 9.95. The summed E-state index contributed by atoms with van der Waals surface area (Å²) in [6.07, 6.45) is 5.96. The number of aromatic nitrogens is 14. The number of anilines is 2. The monoisotopic (exact) mass is 833 g/mol. The summed E-state index contributed by atoms with van der Waals surface area (Å²) in [6, 6.07) is 17.0. The van der Waals surface area contributed by atoms with Gasteiger partial charge in [0.15, 0.2) is 28.3 Å². The van der Waals surface area contributed by atoms with E-state index in [0.29, 0.717) is 83.8 Å². The summed E-state index contributed by atoms with van der Waals surface area (Å²) in [7, 11) is 0. The summed E-state index contributed by atoms with van der Waals surface area (Å²) in [5, 5.41) is 20.7. The van der Waals surface area contributed by atoms with Crippen LogP contribution in [0.2, 0.25) is 0 Å². The van der Waals surface area contributed by atoms with E-state index in [0.717, 1.165) is 11.1 Å². The lowest BCUT2D eigenvalue weighted by molar-refractivity contribution is 0.643. The van der Waals surface area contributed by atoms with Crippen LogP contribution in [0.3, 0.4) is 0 Å². The molecule has 10 aromatic rings. The molecule has 0 bridgehead atoms. The molecule has 0 spiro atoms. The Balaban J connectivity index is 1.16. The molecule has 0 amide bonds. The van der Waals surface area contributed by atoms with Crippen LogP contribution < -0.4 is 22.6 Å². The SMILES string of the molecule is Cc1ccccc1-n1c(Cn2nc(C)c3c(N)ncnc32)nc2ncc(-c3cccc(-n4c(Cn5nc(C#N)c6c(N)ncnc65)nc5nccc(C)c5c4=O)c3C)c(C)c2c1=O. The molecule has 0 aliphatic carbocycles. The van der Waals surface area contributed by atoms with Gasteiger partial charge >= 0.3 is 0 Å². The van der Waals surface area contributed by atoms with E-state index >= 15 is 4.79 Å². The van der Waals surface area contributed by atoms with Crippen molar-refractivity contribution in [3.05, 3.63) is 140 Å². The van der Waals surface area contributed by atoms with Gasteiger partial charge in [-0.05, 0) is 80.6 Å². The van der Waals surface area contributed by atoms with Crippen molar-refractivity contribution >= 4 is 55.8 Å². The van der Waals surface area contributed by atoms with Crippen molar-refractivity contribution in [2.75, 3.05) is 11.5 Å². The van der Waals surface area contributed by atoms with Gasteiger partial charge in [-0.25, -0.2) is 49.2 Å². The minimum Gasteiger partial charge on any atom is -0.383 e. The topological polar surface area (TPSA) is 259 Å². The van der Waals surface area contributed by atoms with Crippen LogP contribution in [0, 0.1) is 45.9 Å². The summed E-state index contributed by atoms with van der Waals surface area (Å²) in [5.74, 6) is 1.08. The first-order valence-electron chi connectivity index (χ1n) is 19.7. The highest BCUT2D eigenvalue weighted by Crippen LogP contribution is 2.33. The predicted octanol–water partition coefficient (Wildman–Crippen LogP) is 4.50. The molecular weight excluding hydrogens is 799 g/mol. The van der Waals surface area contributed by atoms with Gasteiger partial charge in [0.1, 0.15) is 55.1 Å². The average molecular weight is 834 g/mol. The zero-order valence-electron chi connectivity index (χ0n) is 34.5. The quantitative estimate of drug-likeness (QED) is 0.224. The number of aryl methyl sites for hydroxylation is 4. The van der Waals surface area contributed by atoms with Gasteiger partial charge in [-0.3, -0.25) is 18.7 Å². The third-order valence-corrected chi connectivity index (χ3v) is 11.5. The lowest BCUT2D eigenvalue weighted by Crippen LogP contribution is -2.27. The molecule has 63 heavy (non-hydrogen) atoms. The Morgan fingerprint density at radius 2 is 1.22 bits per heavy atom. The van der Waals surface area contributed by atoms with Crippen LogP contribution in [0.15, 0.2) is 83.2 Å². The largest absolute Gasteiger partial charge is 0.383 e. The first-order valence-corrected chi connectivity index (χ1v) is 19.7. The number of nitriles is 1. The van der Waals surface area contributed by atoms with Crippen molar-refractivity contribution in [1.29, 1.82) is 5.26 Å². The fraction of sp³-hybridized carbons (Fsp3) is 0.159. The number of nitrogen functional groups attached to an aromatic ring is 2. The number of hydrogen-bond acceptors (Lipinski definition) is 15. The predicted molar refractivity (Wildman–Crippen MR) is 235 cm³/mol. The molecule has 8 heterocycles. The molecule has 10 rings (SSSR count). The summed E-state index contributed by atoms with van der Waals surface area (Å²) >= 11 is 0. The first-order chi connectivity index (χ1) is 30.4. The van der Waals surface area contributed by atoms with Gasteiger partial charge in [0.05, 0.1) is 38.6 Å². The van der Waals surface area contributed by atoms with E-state index in [2.05, 4.69) is 36.1 Å². The summed E-state index contributed by atoms with van der Waals surface area (Å²) in [5.41, 5.74) is 19.2. The maximum absolute atomic E-state index is 15.1. The number of hydrogen-bond donors (Lipinski definition) is 2. The van der Waals surface area contributed by atoms with E-state index in [9.17, 15) is 10.1 Å². The molecule has 0 unspecified atom stereocenters. The maximum Gasteiger partial charge on any atom is 0.267 e. The molecule has 0 saturated carbocycles. The number of pyridine rings is 2. The molecule has 0 fully saturated rings. The van der Waals surface area contributed by atoms with Crippen molar-refractivity contribution < 1.29 is 0 Å². The number of para-hydroxylation sites is 1. The first kappa shape index (κ1) is 38.4. The standard InChI is InChI=1S/C44H35N17O2/c1-21-9-6-7-11-29(21)60-31(17-58-41-35(25(5)56-58)37(46)50-19-52-41)55-40-34(44(60)63)24(4)27(16-49-40)26-10-8-12-30(23(26)3)61-32(54-39-33(43(61)62)22(2)13-14-48-39)18-59-42-36(28(15-45)57-59)38(47)51-20-53-42/h6-14,16,19-20H,17-18H2,1-5H3,(H2,46,50,52)(H2,47,51,53). The Morgan fingerprint density at radius 1 is 0.603 bits per heavy atom. The normalized spacial score (nSPS) is 11.6. The molecule has 0 radical (unpaired) electrons. The number of rotatable bonds is 7. The summed E-state index contributed by atoms with van der Waals surface area (Å²) in [6.45, 7) is 9.37. The van der Waals surface area contributed by atoms with Crippen molar-refractivity contribution in [2.24, 2.45) is 0 Å². The van der Waals surface area contributed by atoms with Crippen LogP contribution in [0.1, 0.15) is 45.3 Å². The van der Waals surface area contributed by atoms with Gasteiger partial charge < -0.3 is 11.5 Å². The minimum absolute atomic E-state index is 0.0389. The van der Waals surface area contributed by atoms with Crippen LogP contribution >= 0.6 is 0 Å². The van der Waals surface area contributed by atoms with Gasteiger partial charge in [0.25, 0.3) is 11.1 Å². The van der Waals surface area contributed by atoms with E-state index in [1.165, 1.54) is 21.9 Å². The van der Waals surface area contributed by atoms with Gasteiger partial charge in [-0.2, -0.15) is 15.5 Å². The molecule has 8 aromatic heterocycles. The second-order valence-corrected chi connectivity index (χ2v) is 15.2. The molecule has 0 atom stereocenters. The zero-order valence-corrected chi connectivity index (χ0v) is 34.5. The van der Waals surface area contributed by atoms with Crippen molar-refractivity contribution in [3.8, 4) is 28.6 Å². The van der Waals surface area contributed by atoms with E-state index in [-0.39, 0.29) is 52.8 Å². The number of fused-ring (bicyclic) bond motifs is 4. The second-order valence-electron chi connectivity index (χ2n) is 15.2. The Labute approximate surface area is 356 Å². The van der Waals surface area contributed by atoms with Crippen molar-refractivity contribution in [1.82, 2.24) is 68.6 Å². The number of nitrogens with zero attached hydrogens (tertiary/aromatic N) is 15. The van der Waals surface area contributed by atoms with Crippen molar-refractivity contribution in [3.63, 3.8) is 0 Å². The smallest absolute Gasteiger partial charge is 0.267 e. The molecule has 2 aromatic carbocycles. The Kier molecular flexibility index (Phi) is 8.81. The summed E-state index contributed by atoms with van der Waals surface area (Å²) in [4.78, 5) is 66.0. The van der Waals surface area contributed by atoms with Crippen LogP contribution in [0.25, 0.3) is 66.6 Å². The number of benzene rings is 2. The van der Waals surface area contributed by atoms with Crippen LogP contribution in [-0.4, -0.2) is 68.6 Å². The molecular formula is C44H35N17O2. The van der Waals surface area contributed by atoms with Crippen LogP contribution in [0.5, 0.6) is 0 Å². The molecule has 19 heteroatoms. The highest BCUT2D eigenvalue weighted by atomic mass is 16.1. The second kappa shape index (κ2) is 14.4. The van der Waals surface area contributed by atoms with Gasteiger partial charge in [0, 0.05) is 18.0 Å². The molecule has 0 aliphatic heterocycles. The third kappa shape index (κ3) is 5.94. The van der Waals surface area contributed by atoms with Crippen LogP contribution in [-0.2, 0) is 13.1 Å². The highest BCUT2D eigenvalue weighted by molar-refractivity contribution is 5.91. The van der Waals surface area contributed by atoms with Gasteiger partial charge in [-0.1, -0.05) is 30.3 Å². The molecule has 4 N–H and O–H groups in total. The Morgan fingerprint density at radius 3 is 1.94 bits per heavy atom. The lowest BCUT2D eigenvalue weighted by Gasteiger charge is -2.20. The van der Waals surface area contributed by atoms with Crippen molar-refractivity contribution in [2.45, 2.75) is 47.7 Å². The van der Waals surface area contributed by atoms with E-state index in [1.807, 2.05) is 77.1 Å². The summed E-state index contributed by atoms with van der Waals surface area (Å²) < 4.78 is 6.27. The fourth-order valence-electron chi connectivity index (χ4n) is 8.39. The van der Waals surface area contributed by atoms with Gasteiger partial charge in [-0.15, -0.1) is 0 Å². The maximum atomic E-state index is 15.1. The Hall–Kier alpha value is -8.79. The average Bonchev–Trinajstić information content (AvgIpc) is 3.79. The van der Waals surface area contributed by atoms with E-state index < -0.39 is 0 Å². The Bertz CT molecular complexity index is 3740. The van der Waals surface area contributed by atoms with E-state index in [4.69, 9.17) is 31.5 Å². The molecule has 19 nitrogen and oxygen atoms in total. The zero-order chi connectivity index (χ0) is 43.8. The van der Waals surface area contributed by atoms with Crippen LogP contribution in [0.4, 0.5) is 11.6 Å². The highest BCUT2D eigenvalue weighted by Gasteiger charge is 2.25. The fourth-order valence-corrected chi connectivity index (χ4v) is 8.39. The van der Waals surface area contributed by atoms with E-state index in [1.54, 1.807) is 27.7 Å².